The van der Waals surface area contributed by atoms with Crippen molar-refractivity contribution >= 4 is 54.6 Å². The third-order valence-electron chi connectivity index (χ3n) is 9.54. The minimum Gasteiger partial charge on any atom is -0.457 e. The molecule has 228 valence electrons. The smallest absolute Gasteiger partial charge is 0.145 e. The molecular formula is C41H33N5O. The van der Waals surface area contributed by atoms with Crippen molar-refractivity contribution < 1.29 is 4.74 Å². The summed E-state index contributed by atoms with van der Waals surface area (Å²) in [4.78, 5) is 13.8. The van der Waals surface area contributed by atoms with E-state index in [1.807, 2.05) is 37.1 Å². The van der Waals surface area contributed by atoms with Crippen LogP contribution in [0.3, 0.4) is 0 Å². The van der Waals surface area contributed by atoms with Crippen LogP contribution in [0, 0.1) is 0 Å². The van der Waals surface area contributed by atoms with Gasteiger partial charge in [-0.1, -0.05) is 58.0 Å². The van der Waals surface area contributed by atoms with Crippen molar-refractivity contribution in [2.75, 3.05) is 0 Å². The molecule has 0 aliphatic heterocycles. The number of pyridine rings is 3. The summed E-state index contributed by atoms with van der Waals surface area (Å²) in [6, 6.07) is 28.2. The Hall–Kier alpha value is -5.75. The van der Waals surface area contributed by atoms with Crippen LogP contribution < -0.4 is 4.74 Å². The Morgan fingerprint density at radius 2 is 1.13 bits per heavy atom. The van der Waals surface area contributed by atoms with Gasteiger partial charge in [-0.25, -0.2) is 9.97 Å². The maximum Gasteiger partial charge on any atom is 0.145 e. The molecule has 0 N–H and O–H groups in total. The van der Waals surface area contributed by atoms with Gasteiger partial charge < -0.3 is 4.74 Å². The van der Waals surface area contributed by atoms with Crippen LogP contribution in [0.2, 0.25) is 0 Å². The lowest BCUT2D eigenvalue weighted by atomic mass is 9.84. The van der Waals surface area contributed by atoms with E-state index in [0.29, 0.717) is 11.8 Å². The molecule has 6 nitrogen and oxygen atoms in total. The summed E-state index contributed by atoms with van der Waals surface area (Å²) in [6.07, 6.45) is 11.5. The molecule has 4 aromatic carbocycles. The highest BCUT2D eigenvalue weighted by Crippen LogP contribution is 2.40. The van der Waals surface area contributed by atoms with Crippen LogP contribution >= 0.6 is 0 Å². The molecule has 0 bridgehead atoms. The Morgan fingerprint density at radius 1 is 0.553 bits per heavy atom. The third-order valence-corrected chi connectivity index (χ3v) is 9.54. The van der Waals surface area contributed by atoms with E-state index in [1.54, 1.807) is 0 Å². The third kappa shape index (κ3) is 4.21. The van der Waals surface area contributed by atoms with Gasteiger partial charge in [0.2, 0.25) is 0 Å². The lowest BCUT2D eigenvalue weighted by molar-refractivity contribution is 0.484. The first-order valence-electron chi connectivity index (χ1n) is 16.2. The molecule has 0 fully saturated rings. The Balaban J connectivity index is 1.18. The molecule has 0 amide bonds. The highest BCUT2D eigenvalue weighted by Gasteiger charge is 2.18. The molecule has 9 aromatic rings. The van der Waals surface area contributed by atoms with E-state index in [-0.39, 0.29) is 0 Å². The second-order valence-electron chi connectivity index (χ2n) is 13.0. The summed E-state index contributed by atoms with van der Waals surface area (Å²) in [5.74, 6) is 2.36. The molecule has 0 aliphatic carbocycles. The largest absolute Gasteiger partial charge is 0.457 e. The molecule has 0 atom stereocenters. The number of rotatable bonds is 5. The number of aromatic nitrogens is 5. The molecule has 0 spiro atoms. The number of hydrogen-bond acceptors (Lipinski definition) is 4. The van der Waals surface area contributed by atoms with Crippen LogP contribution in [0.4, 0.5) is 0 Å². The first-order chi connectivity index (χ1) is 23.0. The zero-order valence-corrected chi connectivity index (χ0v) is 26.8. The normalized spacial score (nSPS) is 12.2. The van der Waals surface area contributed by atoms with Crippen LogP contribution in [0.1, 0.15) is 50.7 Å². The molecule has 9 rings (SSSR count). The van der Waals surface area contributed by atoms with Gasteiger partial charge in [-0.05, 0) is 93.4 Å². The summed E-state index contributed by atoms with van der Waals surface area (Å²) in [5, 5.41) is 6.66. The second kappa shape index (κ2) is 10.4. The molecule has 0 radical (unpaired) electrons. The minimum absolute atomic E-state index is 0.424. The molecule has 0 saturated heterocycles. The van der Waals surface area contributed by atoms with Crippen LogP contribution in [-0.4, -0.2) is 23.8 Å². The quantitative estimate of drug-likeness (QED) is 0.182. The zero-order chi connectivity index (χ0) is 31.8. The highest BCUT2D eigenvalue weighted by atomic mass is 16.5. The molecule has 0 saturated carbocycles. The predicted octanol–water partition coefficient (Wildman–Crippen LogP) is 10.7. The minimum atomic E-state index is 0.424. The monoisotopic (exact) mass is 611 g/mol. The van der Waals surface area contributed by atoms with E-state index < -0.39 is 0 Å². The molecule has 5 heterocycles. The number of hydrogen-bond donors (Lipinski definition) is 0. The average Bonchev–Trinajstić information content (AvgIpc) is 3.79. The molecular weight excluding hydrogens is 578 g/mol. The SMILES string of the molecule is CC(C)c1cccc(C(C)C)c1-c1ccc2c3ccc(Oc4ccc5c6ccncc6n6ccnc6c5c4)cc3c3nccn3c2c1. The van der Waals surface area contributed by atoms with Crippen LogP contribution in [0.15, 0.2) is 116 Å². The number of ether oxygens (including phenoxy) is 1. The standard InChI is InChI=1S/C41H33N5O/c1-24(2)29-6-5-7-30(25(3)4)39(29)26-8-11-33-31-12-9-27(21-35(31)40-43-16-18-45(40)37(33)20-26)47-28-10-13-32-34-14-15-42-23-38(34)46-19-17-44-41(46)36(32)22-28/h5-25H,1-4H3. The topological polar surface area (TPSA) is 56.7 Å². The van der Waals surface area contributed by atoms with Gasteiger partial charge in [0.25, 0.3) is 0 Å². The van der Waals surface area contributed by atoms with Gasteiger partial charge in [0.05, 0.1) is 17.2 Å². The van der Waals surface area contributed by atoms with Gasteiger partial charge in [-0.15, -0.1) is 0 Å². The lowest BCUT2D eigenvalue weighted by Gasteiger charge is -2.20. The van der Waals surface area contributed by atoms with Gasteiger partial charge in [0.15, 0.2) is 0 Å². The summed E-state index contributed by atoms with van der Waals surface area (Å²) in [6.45, 7) is 9.11. The number of fused-ring (bicyclic) bond motifs is 12. The molecule has 0 unspecified atom stereocenters. The second-order valence-corrected chi connectivity index (χ2v) is 13.0. The van der Waals surface area contributed by atoms with Crippen molar-refractivity contribution in [1.82, 2.24) is 23.8 Å². The van der Waals surface area contributed by atoms with Gasteiger partial charge in [-0.2, -0.15) is 0 Å². The summed E-state index contributed by atoms with van der Waals surface area (Å²) >= 11 is 0. The first-order valence-corrected chi connectivity index (χ1v) is 16.2. The molecule has 6 heteroatoms. The van der Waals surface area contributed by atoms with Gasteiger partial charge >= 0.3 is 0 Å². The summed E-state index contributed by atoms with van der Waals surface area (Å²) < 4.78 is 10.8. The van der Waals surface area contributed by atoms with Crippen molar-refractivity contribution in [3.63, 3.8) is 0 Å². The van der Waals surface area contributed by atoms with Crippen LogP contribution in [0.25, 0.3) is 65.8 Å². The van der Waals surface area contributed by atoms with Gasteiger partial charge in [0, 0.05) is 52.5 Å². The Morgan fingerprint density at radius 3 is 1.74 bits per heavy atom. The fourth-order valence-electron chi connectivity index (χ4n) is 7.35. The maximum atomic E-state index is 6.53. The summed E-state index contributed by atoms with van der Waals surface area (Å²) in [5.41, 5.74) is 9.32. The van der Waals surface area contributed by atoms with Crippen molar-refractivity contribution in [2.24, 2.45) is 0 Å². The van der Waals surface area contributed by atoms with E-state index in [4.69, 9.17) is 9.72 Å². The van der Waals surface area contributed by atoms with Gasteiger partial charge in [-0.3, -0.25) is 13.8 Å². The molecule has 5 aromatic heterocycles. The van der Waals surface area contributed by atoms with Crippen molar-refractivity contribution in [3.05, 3.63) is 127 Å². The van der Waals surface area contributed by atoms with E-state index in [9.17, 15) is 0 Å². The van der Waals surface area contributed by atoms with E-state index in [1.165, 1.54) is 27.6 Å². The molecule has 47 heavy (non-hydrogen) atoms. The van der Waals surface area contributed by atoms with Crippen molar-refractivity contribution in [2.45, 2.75) is 39.5 Å². The Kier molecular flexibility index (Phi) is 6.09. The number of benzene rings is 4. The predicted molar refractivity (Wildman–Crippen MR) is 192 cm³/mol. The van der Waals surface area contributed by atoms with E-state index in [2.05, 4.69) is 125 Å². The van der Waals surface area contributed by atoms with Gasteiger partial charge in [0.1, 0.15) is 22.8 Å². The fourth-order valence-corrected chi connectivity index (χ4v) is 7.35. The maximum absolute atomic E-state index is 6.53. The van der Waals surface area contributed by atoms with Crippen LogP contribution in [0.5, 0.6) is 11.5 Å². The van der Waals surface area contributed by atoms with Crippen molar-refractivity contribution in [1.29, 1.82) is 0 Å². The number of nitrogens with zero attached hydrogens (tertiary/aromatic N) is 5. The van der Waals surface area contributed by atoms with E-state index in [0.717, 1.165) is 60.8 Å². The van der Waals surface area contributed by atoms with E-state index >= 15 is 0 Å². The van der Waals surface area contributed by atoms with Crippen molar-refractivity contribution in [3.8, 4) is 22.6 Å². The molecule has 0 aliphatic rings. The lowest BCUT2D eigenvalue weighted by Crippen LogP contribution is -2.00. The Bertz CT molecular complexity index is 2650. The average molecular weight is 612 g/mol. The fraction of sp³-hybridized carbons (Fsp3) is 0.146. The number of imidazole rings is 2. The highest BCUT2D eigenvalue weighted by molar-refractivity contribution is 6.13. The summed E-state index contributed by atoms with van der Waals surface area (Å²) in [7, 11) is 0. The zero-order valence-electron chi connectivity index (χ0n) is 26.8. The first kappa shape index (κ1) is 27.6. The Labute approximate surface area is 271 Å². The van der Waals surface area contributed by atoms with Crippen LogP contribution in [-0.2, 0) is 0 Å².